The Balaban J connectivity index is 1.62. The van der Waals surface area contributed by atoms with E-state index in [0.29, 0.717) is 5.13 Å². The largest absolute Gasteiger partial charge is 0.323 e. The molecule has 1 fully saturated rings. The number of carbonyl (C=O) groups excluding carboxylic acids is 1. The number of benzene rings is 1. The molecule has 0 bridgehead atoms. The fourth-order valence-corrected chi connectivity index (χ4v) is 3.93. The minimum Gasteiger partial charge on any atom is -0.320 e. The summed E-state index contributed by atoms with van der Waals surface area (Å²) in [5, 5.41) is 5.49. The van der Waals surface area contributed by atoms with Gasteiger partial charge in [-0.1, -0.05) is 37.3 Å². The summed E-state index contributed by atoms with van der Waals surface area (Å²) in [6, 6.07) is 10.8. The summed E-state index contributed by atoms with van der Waals surface area (Å²) in [7, 11) is 0. The zero-order valence-electron chi connectivity index (χ0n) is 14.7. The molecule has 0 spiro atoms. The van der Waals surface area contributed by atoms with Crippen LogP contribution in [0.3, 0.4) is 0 Å². The van der Waals surface area contributed by atoms with Crippen LogP contribution in [0, 0.1) is 0 Å². The van der Waals surface area contributed by atoms with Crippen LogP contribution in [0.25, 0.3) is 0 Å². The van der Waals surface area contributed by atoms with E-state index in [-0.39, 0.29) is 12.1 Å². The van der Waals surface area contributed by atoms with Crippen LogP contribution in [0.15, 0.2) is 41.9 Å². The molecule has 1 unspecified atom stereocenters. The highest BCUT2D eigenvalue weighted by Gasteiger charge is 2.28. The first-order chi connectivity index (χ1) is 12.3. The van der Waals surface area contributed by atoms with Crippen molar-refractivity contribution in [3.05, 3.63) is 47.5 Å². The van der Waals surface area contributed by atoms with Crippen molar-refractivity contribution in [2.24, 2.45) is 0 Å². The highest BCUT2D eigenvalue weighted by molar-refractivity contribution is 7.13. The first-order valence-electron chi connectivity index (χ1n) is 8.99. The number of hydrogen-bond acceptors (Lipinski definition) is 4. The van der Waals surface area contributed by atoms with Crippen LogP contribution in [-0.2, 0) is 6.54 Å². The second kappa shape index (κ2) is 8.97. The highest BCUT2D eigenvalue weighted by Crippen LogP contribution is 2.20. The molecule has 2 aromatic rings. The van der Waals surface area contributed by atoms with Gasteiger partial charge in [-0.05, 0) is 31.4 Å². The minimum absolute atomic E-state index is 0.0247. The number of thiazole rings is 1. The number of carbonyl (C=O) groups is 1. The Morgan fingerprint density at radius 2 is 2.24 bits per heavy atom. The van der Waals surface area contributed by atoms with Gasteiger partial charge in [0.15, 0.2) is 5.13 Å². The number of nitrogens with one attached hydrogen (secondary N) is 1. The second-order valence-corrected chi connectivity index (χ2v) is 7.37. The Hall–Kier alpha value is -1.92. The molecule has 0 aliphatic carbocycles. The Kier molecular flexibility index (Phi) is 6.42. The van der Waals surface area contributed by atoms with Crippen molar-refractivity contribution in [2.45, 2.75) is 38.8 Å². The normalized spacial score (nSPS) is 18.0. The predicted molar refractivity (Wildman–Crippen MR) is 103 cm³/mol. The summed E-state index contributed by atoms with van der Waals surface area (Å²) in [5.41, 5.74) is 1.33. The molecule has 3 rings (SSSR count). The van der Waals surface area contributed by atoms with Crippen LogP contribution in [-0.4, -0.2) is 46.5 Å². The quantitative estimate of drug-likeness (QED) is 0.847. The number of likely N-dealkylation sites (tertiary alicyclic amines) is 1. The van der Waals surface area contributed by atoms with Crippen LogP contribution in [0.2, 0.25) is 0 Å². The topological polar surface area (TPSA) is 48.5 Å². The minimum atomic E-state index is -0.0247. The number of hydrogen-bond donors (Lipinski definition) is 1. The van der Waals surface area contributed by atoms with Gasteiger partial charge >= 0.3 is 6.03 Å². The summed E-state index contributed by atoms with van der Waals surface area (Å²) in [5.74, 6) is 0. The number of rotatable bonds is 6. The van der Waals surface area contributed by atoms with Crippen molar-refractivity contribution >= 4 is 22.5 Å². The van der Waals surface area contributed by atoms with Gasteiger partial charge in [0.25, 0.3) is 0 Å². The van der Waals surface area contributed by atoms with Gasteiger partial charge in [0.05, 0.1) is 0 Å². The number of aromatic nitrogens is 1. The number of anilines is 1. The number of piperidine rings is 1. The summed E-state index contributed by atoms with van der Waals surface area (Å²) in [6.07, 6.45) is 4.87. The Bertz CT molecular complexity index is 647. The lowest BCUT2D eigenvalue weighted by Gasteiger charge is -2.39. The molecular weight excluding hydrogens is 332 g/mol. The fraction of sp³-hybridized carbons (Fsp3) is 0.474. The van der Waals surface area contributed by atoms with Crippen molar-refractivity contribution < 1.29 is 4.79 Å². The van der Waals surface area contributed by atoms with Crippen molar-refractivity contribution in [1.29, 1.82) is 0 Å². The SMILES string of the molecule is CCCN(C(=O)Nc1nccs1)C1CCCN(Cc2ccccc2)C1. The molecule has 0 saturated carbocycles. The molecule has 25 heavy (non-hydrogen) atoms. The molecule has 1 atom stereocenters. The van der Waals surface area contributed by atoms with Gasteiger partial charge in [0, 0.05) is 37.3 Å². The number of urea groups is 1. The van der Waals surface area contributed by atoms with Crippen molar-refractivity contribution in [1.82, 2.24) is 14.8 Å². The van der Waals surface area contributed by atoms with Crippen LogP contribution < -0.4 is 5.32 Å². The third-order valence-electron chi connectivity index (χ3n) is 4.54. The van der Waals surface area contributed by atoms with E-state index in [2.05, 4.69) is 52.5 Å². The molecule has 1 aliphatic rings. The maximum absolute atomic E-state index is 12.7. The van der Waals surface area contributed by atoms with Crippen LogP contribution in [0.5, 0.6) is 0 Å². The summed E-state index contributed by atoms with van der Waals surface area (Å²) < 4.78 is 0. The van der Waals surface area contributed by atoms with Crippen LogP contribution >= 0.6 is 11.3 Å². The summed E-state index contributed by atoms with van der Waals surface area (Å²) in [6.45, 7) is 5.88. The Labute approximate surface area is 153 Å². The maximum Gasteiger partial charge on any atom is 0.323 e. The zero-order valence-corrected chi connectivity index (χ0v) is 15.5. The standard InChI is InChI=1S/C19H26N4OS/c1-2-11-23(19(24)21-18-20-10-13-25-18)17-9-6-12-22(15-17)14-16-7-4-3-5-8-16/h3-5,7-8,10,13,17H,2,6,9,11-12,14-15H2,1H3,(H,20,21,24). The van der Waals surface area contributed by atoms with E-state index < -0.39 is 0 Å². The van der Waals surface area contributed by atoms with E-state index in [1.807, 2.05) is 10.3 Å². The van der Waals surface area contributed by atoms with E-state index in [9.17, 15) is 4.79 Å². The lowest BCUT2D eigenvalue weighted by molar-refractivity contribution is 0.113. The van der Waals surface area contributed by atoms with E-state index in [0.717, 1.165) is 45.4 Å². The second-order valence-electron chi connectivity index (χ2n) is 6.48. The molecule has 134 valence electrons. The first-order valence-corrected chi connectivity index (χ1v) is 9.87. The smallest absolute Gasteiger partial charge is 0.320 e. The molecule has 1 aromatic carbocycles. The molecule has 2 amide bonds. The lowest BCUT2D eigenvalue weighted by atomic mass is 10.0. The van der Waals surface area contributed by atoms with E-state index in [1.165, 1.54) is 16.9 Å². The van der Waals surface area contributed by atoms with Gasteiger partial charge in [-0.3, -0.25) is 10.2 Å². The van der Waals surface area contributed by atoms with E-state index >= 15 is 0 Å². The van der Waals surface area contributed by atoms with Crippen molar-refractivity contribution in [2.75, 3.05) is 25.0 Å². The maximum atomic E-state index is 12.7. The molecule has 1 N–H and O–H groups in total. The molecule has 0 radical (unpaired) electrons. The van der Waals surface area contributed by atoms with Gasteiger partial charge in [0.2, 0.25) is 0 Å². The summed E-state index contributed by atoms with van der Waals surface area (Å²) >= 11 is 1.46. The molecule has 1 saturated heterocycles. The molecule has 2 heterocycles. The first kappa shape index (κ1) is 17.9. The average molecular weight is 359 g/mol. The Morgan fingerprint density at radius 1 is 1.40 bits per heavy atom. The van der Waals surface area contributed by atoms with Gasteiger partial charge in [-0.2, -0.15) is 0 Å². The third kappa shape index (κ3) is 5.03. The summed E-state index contributed by atoms with van der Waals surface area (Å²) in [4.78, 5) is 21.4. The molecular formula is C19H26N4OS. The molecule has 1 aliphatic heterocycles. The van der Waals surface area contributed by atoms with E-state index in [1.54, 1.807) is 6.20 Å². The van der Waals surface area contributed by atoms with Crippen molar-refractivity contribution in [3.8, 4) is 0 Å². The van der Waals surface area contributed by atoms with Gasteiger partial charge < -0.3 is 4.90 Å². The zero-order chi connectivity index (χ0) is 17.5. The Morgan fingerprint density at radius 3 is 2.96 bits per heavy atom. The fourth-order valence-electron chi connectivity index (χ4n) is 3.41. The predicted octanol–water partition coefficient (Wildman–Crippen LogP) is 4.05. The van der Waals surface area contributed by atoms with Gasteiger partial charge in [-0.25, -0.2) is 9.78 Å². The van der Waals surface area contributed by atoms with Crippen LogP contribution in [0.1, 0.15) is 31.7 Å². The van der Waals surface area contributed by atoms with Gasteiger partial charge in [0.1, 0.15) is 0 Å². The van der Waals surface area contributed by atoms with E-state index in [4.69, 9.17) is 0 Å². The number of amides is 2. The lowest BCUT2D eigenvalue weighted by Crippen LogP contribution is -2.51. The molecule has 1 aromatic heterocycles. The highest BCUT2D eigenvalue weighted by atomic mass is 32.1. The third-order valence-corrected chi connectivity index (χ3v) is 5.23. The average Bonchev–Trinajstić information content (AvgIpc) is 3.13. The monoisotopic (exact) mass is 358 g/mol. The molecule has 6 heteroatoms. The van der Waals surface area contributed by atoms with Crippen molar-refractivity contribution in [3.63, 3.8) is 0 Å². The van der Waals surface area contributed by atoms with Gasteiger partial charge in [-0.15, -0.1) is 11.3 Å². The number of nitrogens with zero attached hydrogens (tertiary/aromatic N) is 3. The molecule has 5 nitrogen and oxygen atoms in total. The van der Waals surface area contributed by atoms with Crippen LogP contribution in [0.4, 0.5) is 9.93 Å².